The maximum Gasteiger partial charge on any atom is 0.331 e. The number of hydrogen-bond acceptors (Lipinski definition) is 6. The normalized spacial score (nSPS) is 11.5. The lowest BCUT2D eigenvalue weighted by Crippen LogP contribution is -2.29. The number of benzene rings is 2. The van der Waals surface area contributed by atoms with E-state index < -0.39 is 18.0 Å². The SMILES string of the molecule is COc1ccc(/C=C/C(=O)O[C@@H](C)C(=O)Nc2ccc(NC(C)=O)cc2)c(OC)c1. The van der Waals surface area contributed by atoms with Gasteiger partial charge in [-0.25, -0.2) is 4.79 Å². The van der Waals surface area contributed by atoms with Gasteiger partial charge in [-0.05, 0) is 49.4 Å². The smallest absolute Gasteiger partial charge is 0.331 e. The third kappa shape index (κ3) is 6.66. The molecule has 2 N–H and O–H groups in total. The Morgan fingerprint density at radius 3 is 2.13 bits per heavy atom. The fourth-order valence-corrected chi connectivity index (χ4v) is 2.47. The van der Waals surface area contributed by atoms with Crippen molar-refractivity contribution >= 4 is 35.2 Å². The molecule has 0 aliphatic heterocycles. The van der Waals surface area contributed by atoms with E-state index in [0.29, 0.717) is 28.4 Å². The lowest BCUT2D eigenvalue weighted by Gasteiger charge is -2.13. The Bertz CT molecular complexity index is 937. The Hall–Kier alpha value is -3.81. The average Bonchev–Trinajstić information content (AvgIpc) is 2.73. The highest BCUT2D eigenvalue weighted by Gasteiger charge is 2.17. The first-order valence-corrected chi connectivity index (χ1v) is 9.11. The number of methoxy groups -OCH3 is 2. The quantitative estimate of drug-likeness (QED) is 0.510. The van der Waals surface area contributed by atoms with E-state index in [1.54, 1.807) is 49.6 Å². The molecule has 0 aromatic heterocycles. The second-order valence-electron chi connectivity index (χ2n) is 6.27. The molecular formula is C22H24N2O6. The number of ether oxygens (including phenoxy) is 3. The van der Waals surface area contributed by atoms with Crippen molar-refractivity contribution in [2.24, 2.45) is 0 Å². The number of carbonyl (C=O) groups excluding carboxylic acids is 3. The Labute approximate surface area is 174 Å². The molecule has 158 valence electrons. The van der Waals surface area contributed by atoms with E-state index in [1.807, 2.05) is 0 Å². The molecule has 2 aromatic rings. The Morgan fingerprint density at radius 2 is 1.57 bits per heavy atom. The number of amides is 2. The molecule has 0 saturated heterocycles. The van der Waals surface area contributed by atoms with Crippen LogP contribution < -0.4 is 20.1 Å². The third-order valence-corrected chi connectivity index (χ3v) is 3.97. The lowest BCUT2D eigenvalue weighted by atomic mass is 10.1. The summed E-state index contributed by atoms with van der Waals surface area (Å²) in [5, 5.41) is 5.28. The van der Waals surface area contributed by atoms with Crippen LogP contribution in [-0.4, -0.2) is 38.1 Å². The molecule has 0 fully saturated rings. The van der Waals surface area contributed by atoms with Crippen molar-refractivity contribution < 1.29 is 28.6 Å². The second kappa shape index (κ2) is 10.7. The van der Waals surface area contributed by atoms with Gasteiger partial charge in [0.2, 0.25) is 5.91 Å². The van der Waals surface area contributed by atoms with Crippen LogP contribution in [0.1, 0.15) is 19.4 Å². The van der Waals surface area contributed by atoms with Gasteiger partial charge in [0, 0.05) is 36.0 Å². The second-order valence-corrected chi connectivity index (χ2v) is 6.27. The maximum atomic E-state index is 12.2. The molecule has 2 aromatic carbocycles. The van der Waals surface area contributed by atoms with Crippen molar-refractivity contribution in [1.82, 2.24) is 0 Å². The van der Waals surface area contributed by atoms with E-state index in [2.05, 4.69) is 10.6 Å². The van der Waals surface area contributed by atoms with Crippen molar-refractivity contribution in [1.29, 1.82) is 0 Å². The summed E-state index contributed by atoms with van der Waals surface area (Å²) >= 11 is 0. The Kier molecular flexibility index (Phi) is 7.99. The van der Waals surface area contributed by atoms with E-state index in [-0.39, 0.29) is 5.91 Å². The van der Waals surface area contributed by atoms with Gasteiger partial charge in [-0.1, -0.05) is 0 Å². The maximum absolute atomic E-state index is 12.2. The van der Waals surface area contributed by atoms with Crippen LogP contribution in [0.5, 0.6) is 11.5 Å². The minimum atomic E-state index is -1.00. The van der Waals surface area contributed by atoms with Crippen LogP contribution in [0.4, 0.5) is 11.4 Å². The molecule has 8 heteroatoms. The van der Waals surface area contributed by atoms with E-state index in [9.17, 15) is 14.4 Å². The minimum absolute atomic E-state index is 0.187. The molecule has 1 atom stereocenters. The highest BCUT2D eigenvalue weighted by atomic mass is 16.5. The number of anilines is 2. The van der Waals surface area contributed by atoms with Crippen LogP contribution in [0.15, 0.2) is 48.5 Å². The van der Waals surface area contributed by atoms with Crippen LogP contribution in [-0.2, 0) is 19.1 Å². The molecule has 30 heavy (non-hydrogen) atoms. The zero-order valence-electron chi connectivity index (χ0n) is 17.2. The molecule has 0 bridgehead atoms. The summed E-state index contributed by atoms with van der Waals surface area (Å²) in [6.45, 7) is 2.88. The predicted molar refractivity (Wildman–Crippen MR) is 114 cm³/mol. The number of nitrogens with one attached hydrogen (secondary N) is 2. The highest BCUT2D eigenvalue weighted by molar-refractivity contribution is 5.97. The Morgan fingerprint density at radius 1 is 0.933 bits per heavy atom. The first-order chi connectivity index (χ1) is 14.3. The molecule has 0 aliphatic rings. The zero-order valence-corrected chi connectivity index (χ0v) is 17.2. The third-order valence-electron chi connectivity index (χ3n) is 3.97. The van der Waals surface area contributed by atoms with Crippen molar-refractivity contribution in [3.05, 3.63) is 54.1 Å². The van der Waals surface area contributed by atoms with Gasteiger partial charge in [0.1, 0.15) is 11.5 Å². The number of rotatable bonds is 8. The summed E-state index contributed by atoms with van der Waals surface area (Å²) < 4.78 is 15.5. The van der Waals surface area contributed by atoms with Gasteiger partial charge in [-0.2, -0.15) is 0 Å². The predicted octanol–water partition coefficient (Wildman–Crippen LogP) is 3.25. The molecule has 0 saturated carbocycles. The molecule has 8 nitrogen and oxygen atoms in total. The molecular weight excluding hydrogens is 388 g/mol. The lowest BCUT2D eigenvalue weighted by molar-refractivity contribution is -0.148. The highest BCUT2D eigenvalue weighted by Crippen LogP contribution is 2.25. The monoisotopic (exact) mass is 412 g/mol. The fourth-order valence-electron chi connectivity index (χ4n) is 2.47. The minimum Gasteiger partial charge on any atom is -0.497 e. The molecule has 0 radical (unpaired) electrons. The van der Waals surface area contributed by atoms with Gasteiger partial charge in [0.15, 0.2) is 6.10 Å². The number of esters is 1. The van der Waals surface area contributed by atoms with Crippen molar-refractivity contribution in [3.8, 4) is 11.5 Å². The summed E-state index contributed by atoms with van der Waals surface area (Å²) in [6.07, 6.45) is 1.75. The van der Waals surface area contributed by atoms with Gasteiger partial charge in [0.05, 0.1) is 14.2 Å². The molecule has 0 unspecified atom stereocenters. The van der Waals surface area contributed by atoms with Crippen LogP contribution in [0, 0.1) is 0 Å². The summed E-state index contributed by atoms with van der Waals surface area (Å²) in [7, 11) is 3.06. The average molecular weight is 412 g/mol. The van der Waals surface area contributed by atoms with Crippen LogP contribution in [0.2, 0.25) is 0 Å². The van der Waals surface area contributed by atoms with E-state index in [1.165, 1.54) is 33.1 Å². The van der Waals surface area contributed by atoms with E-state index >= 15 is 0 Å². The number of hydrogen-bond donors (Lipinski definition) is 2. The molecule has 2 rings (SSSR count). The molecule has 0 spiro atoms. The standard InChI is InChI=1S/C22H24N2O6/c1-14(22(27)24-18-9-7-17(8-10-18)23-15(2)25)30-21(26)12-6-16-5-11-19(28-3)13-20(16)29-4/h5-14H,1-4H3,(H,23,25)(H,24,27)/b12-6+/t14-/m0/s1. The summed E-state index contributed by atoms with van der Waals surface area (Å²) in [4.78, 5) is 35.3. The van der Waals surface area contributed by atoms with E-state index in [0.717, 1.165) is 0 Å². The van der Waals surface area contributed by atoms with Crippen LogP contribution >= 0.6 is 0 Å². The fraction of sp³-hybridized carbons (Fsp3) is 0.227. The van der Waals surface area contributed by atoms with Crippen molar-refractivity contribution in [2.75, 3.05) is 24.9 Å². The molecule has 0 heterocycles. The van der Waals surface area contributed by atoms with Crippen LogP contribution in [0.25, 0.3) is 6.08 Å². The van der Waals surface area contributed by atoms with Gasteiger partial charge < -0.3 is 24.8 Å². The van der Waals surface area contributed by atoms with Crippen molar-refractivity contribution in [2.45, 2.75) is 20.0 Å². The topological polar surface area (TPSA) is 103 Å². The van der Waals surface area contributed by atoms with E-state index in [4.69, 9.17) is 14.2 Å². The van der Waals surface area contributed by atoms with Crippen molar-refractivity contribution in [3.63, 3.8) is 0 Å². The first-order valence-electron chi connectivity index (χ1n) is 9.11. The summed E-state index contributed by atoms with van der Waals surface area (Å²) in [5.41, 5.74) is 1.78. The largest absolute Gasteiger partial charge is 0.497 e. The summed E-state index contributed by atoms with van der Waals surface area (Å²) in [6, 6.07) is 11.7. The molecule has 0 aliphatic carbocycles. The number of carbonyl (C=O) groups is 3. The van der Waals surface area contributed by atoms with Gasteiger partial charge in [0.25, 0.3) is 5.91 Å². The summed E-state index contributed by atoms with van der Waals surface area (Å²) in [5.74, 6) is -0.177. The zero-order chi connectivity index (χ0) is 22.1. The van der Waals surface area contributed by atoms with Gasteiger partial charge in [-0.3, -0.25) is 9.59 Å². The Balaban J connectivity index is 1.92. The molecule has 2 amide bonds. The van der Waals surface area contributed by atoms with Gasteiger partial charge in [-0.15, -0.1) is 0 Å². The van der Waals surface area contributed by atoms with Crippen LogP contribution in [0.3, 0.4) is 0 Å². The first kappa shape index (κ1) is 22.5. The van der Waals surface area contributed by atoms with Gasteiger partial charge >= 0.3 is 5.97 Å².